The number of ether oxygens (including phenoxy) is 2. The lowest BCUT2D eigenvalue weighted by Crippen LogP contribution is -2.10. The number of phenols is 5. The Morgan fingerprint density at radius 3 is 1.86 bits per heavy atom. The number of aliphatic hydroxyl groups excluding tert-OH is 1. The first-order chi connectivity index (χ1) is 26.7. The summed E-state index contributed by atoms with van der Waals surface area (Å²) < 4.78 is 12.2. The van der Waals surface area contributed by atoms with Crippen LogP contribution in [0.25, 0.3) is 12.2 Å². The van der Waals surface area contributed by atoms with E-state index in [0.29, 0.717) is 57.9 Å². The fraction of sp³-hybridized carbons (Fsp3) is 0.292. The van der Waals surface area contributed by atoms with E-state index in [1.165, 1.54) is 34.4 Å². The average Bonchev–Trinajstić information content (AvgIpc) is 3.46. The SMILES string of the molecule is CC(C)=CCC/C(C)=C/Cc1cc(/C=C/c2cc(O)cc(Oc3ccc4c(c3)O[C@H](c3ccc(C/C=C(\C)CCC=C(C)C)c(O)c3O)[C@@H]4O)c2)cc(O)c1O. The number of fused-ring (bicyclic) bond motifs is 1. The number of allylic oxidation sites excluding steroid dienone is 8. The summed E-state index contributed by atoms with van der Waals surface area (Å²) in [6, 6.07) is 16.5. The molecule has 0 radical (unpaired) electrons. The molecule has 8 nitrogen and oxygen atoms in total. The molecule has 1 heterocycles. The van der Waals surface area contributed by atoms with Crippen molar-refractivity contribution in [1.82, 2.24) is 0 Å². The van der Waals surface area contributed by atoms with Crippen molar-refractivity contribution < 1.29 is 40.1 Å². The van der Waals surface area contributed by atoms with Crippen LogP contribution >= 0.6 is 0 Å². The topological polar surface area (TPSA) is 140 Å². The Labute approximate surface area is 330 Å². The van der Waals surface area contributed by atoms with E-state index in [-0.39, 0.29) is 34.3 Å². The third-order valence-corrected chi connectivity index (χ3v) is 9.75. The molecular formula is C48H54O8. The van der Waals surface area contributed by atoms with Crippen LogP contribution in [0.15, 0.2) is 107 Å². The highest BCUT2D eigenvalue weighted by Crippen LogP contribution is 2.50. The van der Waals surface area contributed by atoms with Gasteiger partial charge in [-0.25, -0.2) is 0 Å². The van der Waals surface area contributed by atoms with Gasteiger partial charge in [0.05, 0.1) is 0 Å². The summed E-state index contributed by atoms with van der Waals surface area (Å²) in [4.78, 5) is 0. The van der Waals surface area contributed by atoms with Gasteiger partial charge in [-0.3, -0.25) is 0 Å². The molecule has 0 saturated carbocycles. The normalized spacial score (nSPS) is 15.4. The molecule has 0 saturated heterocycles. The lowest BCUT2D eigenvalue weighted by molar-refractivity contribution is 0.0655. The van der Waals surface area contributed by atoms with Gasteiger partial charge in [0.1, 0.15) is 29.1 Å². The highest BCUT2D eigenvalue weighted by molar-refractivity contribution is 5.73. The minimum Gasteiger partial charge on any atom is -0.508 e. The molecule has 1 aliphatic rings. The molecule has 294 valence electrons. The summed E-state index contributed by atoms with van der Waals surface area (Å²) in [7, 11) is 0. The van der Waals surface area contributed by atoms with E-state index < -0.39 is 12.2 Å². The maximum Gasteiger partial charge on any atom is 0.164 e. The van der Waals surface area contributed by atoms with Gasteiger partial charge in [-0.15, -0.1) is 0 Å². The Hall–Kier alpha value is -5.86. The molecule has 0 spiro atoms. The summed E-state index contributed by atoms with van der Waals surface area (Å²) in [5.74, 6) is 0.154. The zero-order valence-corrected chi connectivity index (χ0v) is 33.1. The van der Waals surface area contributed by atoms with E-state index in [0.717, 1.165) is 25.7 Å². The van der Waals surface area contributed by atoms with Crippen molar-refractivity contribution in [3.8, 4) is 46.0 Å². The average molecular weight is 759 g/mol. The predicted octanol–water partition coefficient (Wildman–Crippen LogP) is 11.8. The standard InChI is InChI=1S/C48H54O8/c1-29(2)9-7-11-31(5)13-17-35-19-21-41(46(53)45(35)52)48-47(54)40-22-20-38(28-43(40)56-48)55-39-25-34(24-37(49)27-39)16-15-33-23-36(44(51)42(50)26-33)18-14-32(6)12-8-10-30(3)4/h9-10,13-16,19-28,47-54H,7-8,11-12,17-18H2,1-6H3/b16-15+,31-13+,32-14+/t47-,48-/m1/s1. The molecule has 8 heteroatoms. The lowest BCUT2D eigenvalue weighted by atomic mass is 9.96. The fourth-order valence-corrected chi connectivity index (χ4v) is 6.55. The monoisotopic (exact) mass is 758 g/mol. The van der Waals surface area contributed by atoms with Gasteiger partial charge in [0.15, 0.2) is 29.1 Å². The van der Waals surface area contributed by atoms with E-state index in [4.69, 9.17) is 9.47 Å². The van der Waals surface area contributed by atoms with Crippen LogP contribution in [0, 0.1) is 0 Å². The zero-order chi connectivity index (χ0) is 40.5. The van der Waals surface area contributed by atoms with Crippen LogP contribution in [0.3, 0.4) is 0 Å². The number of phenolic OH excluding ortho intramolecular Hbond substituents is 5. The Balaban J connectivity index is 1.26. The fourth-order valence-electron chi connectivity index (χ4n) is 6.55. The molecule has 4 aromatic rings. The van der Waals surface area contributed by atoms with Gasteiger partial charge >= 0.3 is 0 Å². The van der Waals surface area contributed by atoms with Crippen LogP contribution in [0.5, 0.6) is 46.0 Å². The molecule has 1 aliphatic heterocycles. The van der Waals surface area contributed by atoms with E-state index in [2.05, 4.69) is 59.8 Å². The molecule has 0 unspecified atom stereocenters. The second-order valence-electron chi connectivity index (χ2n) is 15.1. The van der Waals surface area contributed by atoms with Crippen LogP contribution in [0.1, 0.15) is 113 Å². The second-order valence-corrected chi connectivity index (χ2v) is 15.1. The van der Waals surface area contributed by atoms with Crippen molar-refractivity contribution in [2.24, 2.45) is 0 Å². The number of aliphatic hydroxyl groups is 1. The lowest BCUT2D eigenvalue weighted by Gasteiger charge is -2.18. The molecule has 0 aromatic heterocycles. The Morgan fingerprint density at radius 2 is 1.21 bits per heavy atom. The number of hydrogen-bond acceptors (Lipinski definition) is 8. The third kappa shape index (κ3) is 10.9. The first-order valence-corrected chi connectivity index (χ1v) is 19.0. The molecule has 2 atom stereocenters. The van der Waals surface area contributed by atoms with Crippen molar-refractivity contribution in [2.45, 2.75) is 92.3 Å². The van der Waals surface area contributed by atoms with Crippen molar-refractivity contribution >= 4 is 12.2 Å². The summed E-state index contributed by atoms with van der Waals surface area (Å²) in [6.45, 7) is 12.4. The van der Waals surface area contributed by atoms with E-state index in [9.17, 15) is 30.6 Å². The molecule has 0 amide bonds. The van der Waals surface area contributed by atoms with E-state index in [1.54, 1.807) is 54.6 Å². The molecule has 6 N–H and O–H groups in total. The molecule has 56 heavy (non-hydrogen) atoms. The van der Waals surface area contributed by atoms with Crippen LogP contribution in [-0.4, -0.2) is 30.6 Å². The summed E-state index contributed by atoms with van der Waals surface area (Å²) in [5.41, 5.74) is 8.19. The zero-order valence-electron chi connectivity index (χ0n) is 33.1. The number of hydrogen-bond donors (Lipinski definition) is 6. The van der Waals surface area contributed by atoms with Crippen molar-refractivity contribution in [2.75, 3.05) is 0 Å². The van der Waals surface area contributed by atoms with E-state index in [1.807, 2.05) is 12.1 Å². The first-order valence-electron chi connectivity index (χ1n) is 19.0. The Morgan fingerprint density at radius 1 is 0.607 bits per heavy atom. The maximum atomic E-state index is 11.2. The van der Waals surface area contributed by atoms with E-state index >= 15 is 0 Å². The minimum atomic E-state index is -1.10. The molecule has 0 fully saturated rings. The van der Waals surface area contributed by atoms with Gasteiger partial charge in [0.25, 0.3) is 0 Å². The molecule has 4 aromatic carbocycles. The highest BCUT2D eigenvalue weighted by Gasteiger charge is 2.37. The largest absolute Gasteiger partial charge is 0.508 e. The maximum absolute atomic E-state index is 11.2. The van der Waals surface area contributed by atoms with Gasteiger partial charge < -0.3 is 40.1 Å². The van der Waals surface area contributed by atoms with Crippen molar-refractivity contribution in [3.63, 3.8) is 0 Å². The van der Waals surface area contributed by atoms with Crippen LogP contribution in [0.2, 0.25) is 0 Å². The highest BCUT2D eigenvalue weighted by atomic mass is 16.5. The van der Waals surface area contributed by atoms with Gasteiger partial charge in [0.2, 0.25) is 0 Å². The predicted molar refractivity (Wildman–Crippen MR) is 224 cm³/mol. The van der Waals surface area contributed by atoms with Crippen LogP contribution in [-0.2, 0) is 12.8 Å². The third-order valence-electron chi connectivity index (χ3n) is 9.75. The number of aromatic hydroxyl groups is 5. The van der Waals surface area contributed by atoms with Crippen LogP contribution in [0.4, 0.5) is 0 Å². The molecular weight excluding hydrogens is 705 g/mol. The minimum absolute atomic E-state index is 0.0221. The molecule has 0 aliphatic carbocycles. The van der Waals surface area contributed by atoms with Gasteiger partial charge in [-0.05, 0) is 128 Å². The quantitative estimate of drug-likeness (QED) is 0.0400. The summed E-state index contributed by atoms with van der Waals surface area (Å²) in [5, 5.41) is 64.6. The second kappa shape index (κ2) is 18.7. The Kier molecular flexibility index (Phi) is 13.8. The first kappa shape index (κ1) is 41.3. The number of rotatable bonds is 15. The molecule has 5 rings (SSSR count). The van der Waals surface area contributed by atoms with Gasteiger partial charge in [-0.2, -0.15) is 0 Å². The van der Waals surface area contributed by atoms with Gasteiger partial charge in [-0.1, -0.05) is 70.9 Å². The summed E-state index contributed by atoms with van der Waals surface area (Å²) >= 11 is 0. The van der Waals surface area contributed by atoms with Crippen LogP contribution < -0.4 is 9.47 Å². The van der Waals surface area contributed by atoms with Crippen molar-refractivity contribution in [3.05, 3.63) is 141 Å². The van der Waals surface area contributed by atoms with Crippen molar-refractivity contribution in [1.29, 1.82) is 0 Å². The summed E-state index contributed by atoms with van der Waals surface area (Å²) in [6.07, 6.45) is 14.6. The number of benzene rings is 4. The molecule has 0 bridgehead atoms. The Bertz CT molecular complexity index is 2200. The van der Waals surface area contributed by atoms with Gasteiger partial charge in [0, 0.05) is 34.4 Å². The smallest absolute Gasteiger partial charge is 0.164 e.